The fourth-order valence-corrected chi connectivity index (χ4v) is 0.681. The van der Waals surface area contributed by atoms with Gasteiger partial charge in [0, 0.05) is 34.4 Å². The van der Waals surface area contributed by atoms with Gasteiger partial charge in [-0.2, -0.15) is 0 Å². The Morgan fingerprint density at radius 3 is 2.21 bits per heavy atom. The lowest BCUT2D eigenvalue weighted by atomic mass is 10.3. The summed E-state index contributed by atoms with van der Waals surface area (Å²) >= 11 is 0. The van der Waals surface area contributed by atoms with Crippen molar-refractivity contribution in [3.63, 3.8) is 0 Å². The molecule has 0 spiro atoms. The third-order valence-electron chi connectivity index (χ3n) is 1.24. The van der Waals surface area contributed by atoms with E-state index in [1.165, 1.54) is 6.34 Å². The first kappa shape index (κ1) is 12.6. The minimum atomic E-state index is -0.523. The molecule has 0 unspecified atom stereocenters. The average molecular weight is 199 g/mol. The number of rotatable bonds is 5. The number of aliphatic hydroxyl groups is 1. The minimum absolute atomic E-state index is 0.242. The van der Waals surface area contributed by atoms with Crippen molar-refractivity contribution in [1.29, 1.82) is 0 Å². The largest absolute Gasteiger partial charge is 0.388 e. The van der Waals surface area contributed by atoms with Gasteiger partial charge >= 0.3 is 0 Å². The van der Waals surface area contributed by atoms with E-state index < -0.39 is 12.4 Å². The molecular formula is C9H17N3O2. The summed E-state index contributed by atoms with van der Waals surface area (Å²) in [4.78, 5) is 18.5. The van der Waals surface area contributed by atoms with Crippen molar-refractivity contribution >= 4 is 12.1 Å². The molecule has 0 heterocycles. The van der Waals surface area contributed by atoms with E-state index in [9.17, 15) is 4.79 Å². The second-order valence-electron chi connectivity index (χ2n) is 3.27. The Morgan fingerprint density at radius 2 is 1.86 bits per heavy atom. The highest BCUT2D eigenvalue weighted by molar-refractivity contribution is 5.96. The predicted molar refractivity (Wildman–Crippen MR) is 56.0 cm³/mol. The van der Waals surface area contributed by atoms with E-state index in [1.54, 1.807) is 44.2 Å². The summed E-state index contributed by atoms with van der Waals surface area (Å²) in [6.45, 7) is -0.523. The number of aliphatic imine (C=N–C) groups is 1. The van der Waals surface area contributed by atoms with E-state index in [1.807, 2.05) is 0 Å². The van der Waals surface area contributed by atoms with Crippen molar-refractivity contribution in [3.8, 4) is 0 Å². The van der Waals surface area contributed by atoms with Gasteiger partial charge in [0.25, 0.3) is 0 Å². The number of Topliss-reactive ketones (excluding diaryl/α,β-unsaturated/α-hetero) is 1. The first-order valence-corrected chi connectivity index (χ1v) is 4.20. The molecule has 5 heteroatoms. The Hall–Kier alpha value is -1.36. The Labute approximate surface area is 84.3 Å². The van der Waals surface area contributed by atoms with Crippen LogP contribution in [0.1, 0.15) is 0 Å². The van der Waals surface area contributed by atoms with Crippen LogP contribution in [0.25, 0.3) is 0 Å². The van der Waals surface area contributed by atoms with Crippen LogP contribution in [0.3, 0.4) is 0 Å². The Morgan fingerprint density at radius 1 is 1.29 bits per heavy atom. The molecule has 0 aliphatic carbocycles. The second-order valence-corrected chi connectivity index (χ2v) is 3.27. The molecule has 0 amide bonds. The molecule has 0 saturated carbocycles. The lowest BCUT2D eigenvalue weighted by Crippen LogP contribution is -2.14. The van der Waals surface area contributed by atoms with Crippen molar-refractivity contribution in [3.05, 3.63) is 11.9 Å². The van der Waals surface area contributed by atoms with E-state index in [0.717, 1.165) is 0 Å². The van der Waals surface area contributed by atoms with Gasteiger partial charge in [0.1, 0.15) is 12.3 Å². The molecule has 0 aromatic heterocycles. The van der Waals surface area contributed by atoms with Crippen LogP contribution in [-0.2, 0) is 4.79 Å². The van der Waals surface area contributed by atoms with E-state index >= 15 is 0 Å². The predicted octanol–water partition coefficient (Wildman–Crippen LogP) is -0.459. The van der Waals surface area contributed by atoms with Crippen LogP contribution in [0.4, 0.5) is 0 Å². The summed E-state index contributed by atoms with van der Waals surface area (Å²) in [6, 6.07) is 0. The van der Waals surface area contributed by atoms with Gasteiger partial charge in [-0.25, -0.2) is 4.99 Å². The van der Waals surface area contributed by atoms with Crippen molar-refractivity contribution in [2.75, 3.05) is 34.8 Å². The molecule has 0 aromatic carbocycles. The van der Waals surface area contributed by atoms with Crippen molar-refractivity contribution in [1.82, 2.24) is 9.80 Å². The van der Waals surface area contributed by atoms with Gasteiger partial charge in [-0.3, -0.25) is 4.79 Å². The smallest absolute Gasteiger partial charge is 0.207 e. The van der Waals surface area contributed by atoms with E-state index in [2.05, 4.69) is 4.99 Å². The molecule has 1 N–H and O–H groups in total. The molecule has 0 saturated heterocycles. The number of carbonyl (C=O) groups excluding carboxylic acids is 1. The second kappa shape index (κ2) is 6.15. The van der Waals surface area contributed by atoms with Crippen LogP contribution >= 0.6 is 0 Å². The van der Waals surface area contributed by atoms with Gasteiger partial charge in [0.15, 0.2) is 0 Å². The third-order valence-corrected chi connectivity index (χ3v) is 1.24. The van der Waals surface area contributed by atoms with Crippen molar-refractivity contribution in [2.24, 2.45) is 4.99 Å². The molecule has 0 fully saturated rings. The SMILES string of the molecule is CN(C)/C=N/C(=C/N(C)C)C(=O)CO. The minimum Gasteiger partial charge on any atom is -0.388 e. The van der Waals surface area contributed by atoms with Gasteiger partial charge in [-0.1, -0.05) is 0 Å². The van der Waals surface area contributed by atoms with E-state index in [4.69, 9.17) is 5.11 Å². The Kier molecular flexibility index (Phi) is 5.55. The van der Waals surface area contributed by atoms with Gasteiger partial charge < -0.3 is 14.9 Å². The van der Waals surface area contributed by atoms with E-state index in [-0.39, 0.29) is 5.70 Å². The normalized spacial score (nSPS) is 11.9. The number of carbonyl (C=O) groups is 1. The summed E-state index contributed by atoms with van der Waals surface area (Å²) in [6.07, 6.45) is 3.08. The van der Waals surface area contributed by atoms with Crippen LogP contribution in [0.2, 0.25) is 0 Å². The maximum absolute atomic E-state index is 11.2. The molecule has 0 bridgehead atoms. The maximum atomic E-state index is 11.2. The molecule has 0 aromatic rings. The molecule has 0 atom stereocenters. The molecule has 80 valence electrons. The zero-order chi connectivity index (χ0) is 11.1. The summed E-state index contributed by atoms with van der Waals surface area (Å²) < 4.78 is 0. The highest BCUT2D eigenvalue weighted by atomic mass is 16.3. The molecule has 0 aliphatic rings. The maximum Gasteiger partial charge on any atom is 0.207 e. The van der Waals surface area contributed by atoms with Crippen LogP contribution in [0.15, 0.2) is 16.9 Å². The topological polar surface area (TPSA) is 56.1 Å². The van der Waals surface area contributed by atoms with Crippen LogP contribution in [0.5, 0.6) is 0 Å². The highest BCUT2D eigenvalue weighted by Crippen LogP contribution is 1.99. The monoisotopic (exact) mass is 199 g/mol. The molecule has 0 aliphatic heterocycles. The third kappa shape index (κ3) is 5.31. The summed E-state index contributed by atoms with van der Waals surface area (Å²) in [7, 11) is 7.19. The van der Waals surface area contributed by atoms with Crippen LogP contribution in [0, 0.1) is 0 Å². The quantitative estimate of drug-likeness (QED) is 0.370. The summed E-state index contributed by atoms with van der Waals surface area (Å²) in [5.74, 6) is -0.392. The van der Waals surface area contributed by atoms with Crippen molar-refractivity contribution in [2.45, 2.75) is 0 Å². The van der Waals surface area contributed by atoms with Crippen LogP contribution in [-0.4, -0.2) is 61.8 Å². The highest BCUT2D eigenvalue weighted by Gasteiger charge is 2.06. The first-order valence-electron chi connectivity index (χ1n) is 4.20. The molecular weight excluding hydrogens is 182 g/mol. The number of nitrogens with zero attached hydrogens (tertiary/aromatic N) is 3. The van der Waals surface area contributed by atoms with Gasteiger partial charge in [0.05, 0.1) is 6.34 Å². The number of ketones is 1. The summed E-state index contributed by atoms with van der Waals surface area (Å²) in [5, 5.41) is 8.69. The average Bonchev–Trinajstić information content (AvgIpc) is 2.10. The fourth-order valence-electron chi connectivity index (χ4n) is 0.681. The molecule has 5 nitrogen and oxygen atoms in total. The van der Waals surface area contributed by atoms with Crippen LogP contribution < -0.4 is 0 Å². The first-order chi connectivity index (χ1) is 6.47. The van der Waals surface area contributed by atoms with Gasteiger partial charge in [-0.15, -0.1) is 0 Å². The lowest BCUT2D eigenvalue weighted by Gasteiger charge is -2.08. The standard InChI is InChI=1S/C9H17N3O2/c1-11(2)5-8(9(14)6-13)10-7-12(3)4/h5,7,13H,6H2,1-4H3/b8-5+,10-7+. The number of hydrogen-bond acceptors (Lipinski definition) is 4. The molecule has 0 radical (unpaired) electrons. The fraction of sp³-hybridized carbons (Fsp3) is 0.556. The van der Waals surface area contributed by atoms with Crippen molar-refractivity contribution < 1.29 is 9.90 Å². The zero-order valence-electron chi connectivity index (χ0n) is 9.06. The van der Waals surface area contributed by atoms with E-state index in [0.29, 0.717) is 0 Å². The van der Waals surface area contributed by atoms with Gasteiger partial charge in [-0.05, 0) is 0 Å². The Balaban J connectivity index is 4.65. The lowest BCUT2D eigenvalue weighted by molar-refractivity contribution is -0.118. The molecule has 14 heavy (non-hydrogen) atoms. The number of aliphatic hydroxyl groups excluding tert-OH is 1. The zero-order valence-corrected chi connectivity index (χ0v) is 9.06. The molecule has 0 rings (SSSR count). The van der Waals surface area contributed by atoms with Gasteiger partial charge in [0.2, 0.25) is 5.78 Å². The Bertz CT molecular complexity index is 244. The number of hydrogen-bond donors (Lipinski definition) is 1. The summed E-state index contributed by atoms with van der Waals surface area (Å²) in [5.41, 5.74) is 0.242.